The lowest BCUT2D eigenvalue weighted by Gasteiger charge is -2.20. The Balaban J connectivity index is 1.79. The van der Waals surface area contributed by atoms with Gasteiger partial charge >= 0.3 is 0 Å². The molecule has 0 radical (unpaired) electrons. The van der Waals surface area contributed by atoms with E-state index in [9.17, 15) is 21.6 Å². The number of nitrogens with one attached hydrogen (secondary N) is 2. The van der Waals surface area contributed by atoms with Crippen molar-refractivity contribution in [2.75, 3.05) is 23.9 Å². The molecule has 0 bridgehead atoms. The molecular formula is C20H24N2O6S2. The fourth-order valence-electron chi connectivity index (χ4n) is 3.41. The highest BCUT2D eigenvalue weighted by atomic mass is 32.2. The van der Waals surface area contributed by atoms with E-state index >= 15 is 0 Å². The zero-order valence-electron chi connectivity index (χ0n) is 16.7. The first-order valence-electron chi connectivity index (χ1n) is 9.29. The van der Waals surface area contributed by atoms with Crippen LogP contribution in [-0.4, -0.2) is 52.7 Å². The molecule has 1 saturated heterocycles. The van der Waals surface area contributed by atoms with Crippen LogP contribution in [0.2, 0.25) is 0 Å². The van der Waals surface area contributed by atoms with Crippen LogP contribution in [0.3, 0.4) is 0 Å². The Kier molecular flexibility index (Phi) is 6.49. The van der Waals surface area contributed by atoms with Crippen molar-refractivity contribution < 1.29 is 26.4 Å². The maximum Gasteiger partial charge on any atom is 0.221 e. The van der Waals surface area contributed by atoms with Gasteiger partial charge in [-0.05, 0) is 42.0 Å². The molecule has 8 nitrogen and oxygen atoms in total. The number of rotatable bonds is 7. The van der Waals surface area contributed by atoms with Crippen molar-refractivity contribution >= 4 is 31.3 Å². The van der Waals surface area contributed by atoms with Crippen molar-refractivity contribution in [2.45, 2.75) is 29.7 Å². The van der Waals surface area contributed by atoms with Crippen LogP contribution in [0.25, 0.3) is 0 Å². The van der Waals surface area contributed by atoms with E-state index in [1.54, 1.807) is 19.2 Å². The van der Waals surface area contributed by atoms with Gasteiger partial charge in [-0.3, -0.25) is 4.79 Å². The summed E-state index contributed by atoms with van der Waals surface area (Å²) in [6, 6.07) is 12.2. The predicted molar refractivity (Wildman–Crippen MR) is 114 cm³/mol. The van der Waals surface area contributed by atoms with Crippen molar-refractivity contribution in [3.8, 4) is 5.75 Å². The average molecular weight is 453 g/mol. The lowest BCUT2D eigenvalue weighted by molar-refractivity contribution is -0.114. The second kappa shape index (κ2) is 8.75. The van der Waals surface area contributed by atoms with Gasteiger partial charge in [-0.25, -0.2) is 16.8 Å². The van der Waals surface area contributed by atoms with E-state index in [1.165, 1.54) is 31.2 Å². The summed E-state index contributed by atoms with van der Waals surface area (Å²) < 4.78 is 55.9. The number of anilines is 1. The molecule has 1 aliphatic heterocycles. The Morgan fingerprint density at radius 1 is 1.07 bits per heavy atom. The fourth-order valence-corrected chi connectivity index (χ4v) is 8.13. The SMILES string of the molecule is COc1ccc(CN[C@@H]2CS(=O)(=O)C[C@H]2S(=O)(=O)c2ccc(NC(C)=O)cc2)cc1. The lowest BCUT2D eigenvalue weighted by Crippen LogP contribution is -2.43. The van der Waals surface area contributed by atoms with Crippen LogP contribution in [0.1, 0.15) is 12.5 Å². The summed E-state index contributed by atoms with van der Waals surface area (Å²) in [5, 5.41) is 4.58. The molecule has 0 spiro atoms. The Morgan fingerprint density at radius 2 is 1.70 bits per heavy atom. The fraction of sp³-hybridized carbons (Fsp3) is 0.350. The maximum absolute atomic E-state index is 13.2. The van der Waals surface area contributed by atoms with Gasteiger partial charge < -0.3 is 15.4 Å². The third kappa shape index (κ3) is 5.18. The summed E-state index contributed by atoms with van der Waals surface area (Å²) in [5.74, 6) is -0.235. The molecule has 2 aromatic carbocycles. The van der Waals surface area contributed by atoms with Crippen LogP contribution in [0.5, 0.6) is 5.75 Å². The van der Waals surface area contributed by atoms with Crippen molar-refractivity contribution in [2.24, 2.45) is 0 Å². The molecule has 1 fully saturated rings. The number of benzene rings is 2. The molecule has 30 heavy (non-hydrogen) atoms. The maximum atomic E-state index is 13.2. The molecule has 162 valence electrons. The van der Waals surface area contributed by atoms with Gasteiger partial charge in [0.25, 0.3) is 0 Å². The molecule has 0 aliphatic carbocycles. The second-order valence-corrected chi connectivity index (χ2v) is 11.5. The van der Waals surface area contributed by atoms with Gasteiger partial charge in [0.1, 0.15) is 5.75 Å². The standard InChI is InChI=1S/C20H24N2O6S2/c1-14(23)22-16-5-9-18(10-6-16)30(26,27)20-13-29(24,25)12-19(20)21-11-15-3-7-17(28-2)8-4-15/h3-10,19-21H,11-13H2,1-2H3,(H,22,23)/t19-,20-/m1/s1. The van der Waals surface area contributed by atoms with Crippen LogP contribution in [0.15, 0.2) is 53.4 Å². The quantitative estimate of drug-likeness (QED) is 0.651. The monoisotopic (exact) mass is 452 g/mol. The molecule has 10 heteroatoms. The van der Waals surface area contributed by atoms with Gasteiger partial charge in [0.05, 0.1) is 28.8 Å². The van der Waals surface area contributed by atoms with Gasteiger partial charge in [-0.2, -0.15) is 0 Å². The third-order valence-electron chi connectivity index (χ3n) is 4.93. The minimum atomic E-state index is -3.89. The summed E-state index contributed by atoms with van der Waals surface area (Å²) in [4.78, 5) is 11.2. The minimum Gasteiger partial charge on any atom is -0.497 e. The van der Waals surface area contributed by atoms with E-state index in [4.69, 9.17) is 4.74 Å². The molecule has 2 N–H and O–H groups in total. The lowest BCUT2D eigenvalue weighted by atomic mass is 10.2. The first-order valence-corrected chi connectivity index (χ1v) is 12.7. The number of methoxy groups -OCH3 is 1. The van der Waals surface area contributed by atoms with E-state index in [2.05, 4.69) is 10.6 Å². The smallest absolute Gasteiger partial charge is 0.221 e. The van der Waals surface area contributed by atoms with Gasteiger partial charge in [0, 0.05) is 25.2 Å². The molecule has 1 heterocycles. The molecule has 2 atom stereocenters. The normalized spacial score (nSPS) is 20.6. The largest absolute Gasteiger partial charge is 0.497 e. The van der Waals surface area contributed by atoms with Crippen molar-refractivity contribution in [3.05, 3.63) is 54.1 Å². The van der Waals surface area contributed by atoms with E-state index < -0.39 is 36.7 Å². The number of amides is 1. The van der Waals surface area contributed by atoms with Gasteiger partial charge in [-0.1, -0.05) is 12.1 Å². The molecule has 3 rings (SSSR count). The molecular weight excluding hydrogens is 428 g/mol. The first kappa shape index (κ1) is 22.3. The van der Waals surface area contributed by atoms with Crippen LogP contribution in [0, 0.1) is 0 Å². The minimum absolute atomic E-state index is 0.0231. The van der Waals surface area contributed by atoms with Crippen LogP contribution in [-0.2, 0) is 31.0 Å². The zero-order valence-corrected chi connectivity index (χ0v) is 18.3. The predicted octanol–water partition coefficient (Wildman–Crippen LogP) is 1.38. The van der Waals surface area contributed by atoms with Gasteiger partial charge in [0.2, 0.25) is 5.91 Å². The van der Waals surface area contributed by atoms with Crippen LogP contribution >= 0.6 is 0 Å². The van der Waals surface area contributed by atoms with Crippen molar-refractivity contribution in [1.82, 2.24) is 5.32 Å². The van der Waals surface area contributed by atoms with E-state index in [-0.39, 0.29) is 16.6 Å². The molecule has 0 saturated carbocycles. The van der Waals surface area contributed by atoms with Crippen molar-refractivity contribution in [3.63, 3.8) is 0 Å². The Labute approximate surface area is 176 Å². The van der Waals surface area contributed by atoms with Crippen molar-refractivity contribution in [1.29, 1.82) is 0 Å². The Morgan fingerprint density at radius 3 is 2.27 bits per heavy atom. The second-order valence-electron chi connectivity index (χ2n) is 7.20. The molecule has 2 aromatic rings. The highest BCUT2D eigenvalue weighted by molar-refractivity contribution is 7.96. The molecule has 0 aromatic heterocycles. The molecule has 0 unspecified atom stereocenters. The summed E-state index contributed by atoms with van der Waals surface area (Å²) >= 11 is 0. The summed E-state index contributed by atoms with van der Waals surface area (Å²) in [6.07, 6.45) is 0. The van der Waals surface area contributed by atoms with E-state index in [1.807, 2.05) is 12.1 Å². The zero-order chi connectivity index (χ0) is 21.9. The summed E-state index contributed by atoms with van der Waals surface area (Å²) in [5.41, 5.74) is 1.35. The topological polar surface area (TPSA) is 119 Å². The molecule has 1 aliphatic rings. The number of sulfone groups is 2. The number of carbonyl (C=O) groups excluding carboxylic acids is 1. The van der Waals surface area contributed by atoms with E-state index in [0.29, 0.717) is 18.0 Å². The van der Waals surface area contributed by atoms with E-state index in [0.717, 1.165) is 5.56 Å². The van der Waals surface area contributed by atoms with Crippen LogP contribution < -0.4 is 15.4 Å². The summed E-state index contributed by atoms with van der Waals surface area (Å²) in [7, 11) is -5.82. The van der Waals surface area contributed by atoms with Crippen LogP contribution in [0.4, 0.5) is 5.69 Å². The van der Waals surface area contributed by atoms with Gasteiger partial charge in [0.15, 0.2) is 19.7 Å². The number of hydrogen-bond donors (Lipinski definition) is 2. The number of carbonyl (C=O) groups is 1. The number of ether oxygens (including phenoxy) is 1. The highest BCUT2D eigenvalue weighted by Gasteiger charge is 2.45. The average Bonchev–Trinajstić information content (AvgIpc) is 3.02. The highest BCUT2D eigenvalue weighted by Crippen LogP contribution is 2.27. The third-order valence-corrected chi connectivity index (χ3v) is 9.10. The Hall–Kier alpha value is -2.43. The number of hydrogen-bond acceptors (Lipinski definition) is 7. The summed E-state index contributed by atoms with van der Waals surface area (Å²) in [6.45, 7) is 1.69. The first-order chi connectivity index (χ1) is 14.1. The van der Waals surface area contributed by atoms with Gasteiger partial charge in [-0.15, -0.1) is 0 Å². The Bertz CT molecular complexity index is 1110. The molecule has 1 amide bonds.